The monoisotopic (exact) mass is 548 g/mol. The molecule has 0 nitrogen and oxygen atoms in total. The Kier molecular flexibility index (Phi) is 18.7. The van der Waals surface area contributed by atoms with Crippen LogP contribution in [0.2, 0.25) is 0 Å². The Morgan fingerprint density at radius 2 is 0.529 bits per heavy atom. The molecule has 0 aromatic carbocycles. The lowest BCUT2D eigenvalue weighted by Crippen LogP contribution is -2.54. The molecule has 1 saturated carbocycles. The highest BCUT2D eigenvalue weighted by Crippen LogP contribution is 2.88. The molecule has 0 aromatic rings. The van der Waals surface area contributed by atoms with E-state index in [2.05, 4.69) is 55.4 Å². The van der Waals surface area contributed by atoms with E-state index in [1.165, 1.54) is 51.4 Å². The van der Waals surface area contributed by atoms with Gasteiger partial charge in [0.2, 0.25) is 0 Å². The zero-order valence-electron chi connectivity index (χ0n) is 24.9. The van der Waals surface area contributed by atoms with Gasteiger partial charge in [-0.05, 0) is 62.1 Å². The largest absolute Gasteiger partial charge is 0.0946 e. The zero-order valence-corrected chi connectivity index (χ0v) is 28.5. The summed E-state index contributed by atoms with van der Waals surface area (Å²) in [6, 6.07) is 0. The van der Waals surface area contributed by atoms with Crippen LogP contribution in [0.4, 0.5) is 0 Å². The van der Waals surface area contributed by atoms with E-state index >= 15 is 0 Å². The molecule has 0 bridgehead atoms. The number of hydrogen-bond acceptors (Lipinski definition) is 0. The SMILES string of the molecule is CCCP(CCC)C1(P(CCC)CCC)CCCCC1(P(CCC)CCC)P(CCC)CCC. The van der Waals surface area contributed by atoms with E-state index in [0.717, 1.165) is 9.79 Å². The van der Waals surface area contributed by atoms with Gasteiger partial charge in [-0.25, -0.2) is 0 Å². The summed E-state index contributed by atoms with van der Waals surface area (Å²) in [7, 11) is 0.559. The van der Waals surface area contributed by atoms with Crippen molar-refractivity contribution in [1.29, 1.82) is 0 Å². The molecule has 204 valence electrons. The summed E-state index contributed by atoms with van der Waals surface area (Å²) in [5.74, 6) is 0. The summed E-state index contributed by atoms with van der Waals surface area (Å²) in [5.41, 5.74) is 0. The highest BCUT2D eigenvalue weighted by atomic mass is 31.2. The average molecular weight is 549 g/mol. The molecule has 0 saturated heterocycles. The van der Waals surface area contributed by atoms with Crippen molar-refractivity contribution in [1.82, 2.24) is 0 Å². The van der Waals surface area contributed by atoms with E-state index in [1.54, 1.807) is 75.0 Å². The second kappa shape index (κ2) is 18.9. The van der Waals surface area contributed by atoms with E-state index in [-0.39, 0.29) is 31.7 Å². The summed E-state index contributed by atoms with van der Waals surface area (Å²) < 4.78 is 0. The average Bonchev–Trinajstić information content (AvgIpc) is 2.83. The predicted octanol–water partition coefficient (Wildman–Crippen LogP) is 12.2. The molecule has 0 aliphatic heterocycles. The summed E-state index contributed by atoms with van der Waals surface area (Å²) in [4.78, 5) is 1.53. The lowest BCUT2D eigenvalue weighted by Gasteiger charge is -2.67. The normalized spacial score (nSPS) is 18.0. The minimum Gasteiger partial charge on any atom is -0.0946 e. The third-order valence-corrected chi connectivity index (χ3v) is 26.6. The van der Waals surface area contributed by atoms with Crippen LogP contribution in [0.5, 0.6) is 0 Å². The van der Waals surface area contributed by atoms with Gasteiger partial charge in [-0.1, -0.05) is 151 Å². The van der Waals surface area contributed by atoms with E-state index in [1.807, 2.05) is 0 Å². The Hall–Kier alpha value is 1.72. The van der Waals surface area contributed by atoms with Gasteiger partial charge in [-0.2, -0.15) is 0 Å². The van der Waals surface area contributed by atoms with Crippen LogP contribution in [-0.2, 0) is 0 Å². The highest BCUT2D eigenvalue weighted by Gasteiger charge is 2.63. The van der Waals surface area contributed by atoms with Gasteiger partial charge in [0, 0.05) is 9.79 Å². The van der Waals surface area contributed by atoms with E-state index in [4.69, 9.17) is 0 Å². The maximum absolute atomic E-state index is 2.52. The predicted molar refractivity (Wildman–Crippen MR) is 173 cm³/mol. The molecule has 0 heterocycles. The highest BCUT2D eigenvalue weighted by molar-refractivity contribution is 7.85. The maximum Gasteiger partial charge on any atom is 0.0240 e. The van der Waals surface area contributed by atoms with Crippen LogP contribution in [0, 0.1) is 0 Å². The Morgan fingerprint density at radius 3 is 0.676 bits per heavy atom. The third kappa shape index (κ3) is 7.87. The van der Waals surface area contributed by atoms with Crippen LogP contribution in [0.15, 0.2) is 0 Å². The molecule has 1 aliphatic rings. The Balaban J connectivity index is 4.03. The fraction of sp³-hybridized carbons (Fsp3) is 1.00. The molecule has 0 radical (unpaired) electrons. The molecular formula is C30H64P4. The molecule has 0 unspecified atom stereocenters. The first kappa shape index (κ1) is 33.7. The smallest absolute Gasteiger partial charge is 0.0240 e. The number of rotatable bonds is 20. The van der Waals surface area contributed by atoms with Crippen LogP contribution in [0.25, 0.3) is 0 Å². The van der Waals surface area contributed by atoms with Crippen molar-refractivity contribution in [3.05, 3.63) is 0 Å². The van der Waals surface area contributed by atoms with Gasteiger partial charge in [0.05, 0.1) is 0 Å². The van der Waals surface area contributed by atoms with Gasteiger partial charge in [0.15, 0.2) is 0 Å². The molecule has 0 atom stereocenters. The molecule has 4 heteroatoms. The lowest BCUT2D eigenvalue weighted by atomic mass is 9.98. The quantitative estimate of drug-likeness (QED) is 0.133. The molecular weight excluding hydrogens is 484 g/mol. The fourth-order valence-corrected chi connectivity index (χ4v) is 28.8. The fourth-order valence-electron chi connectivity index (χ4n) is 7.27. The summed E-state index contributed by atoms with van der Waals surface area (Å²) >= 11 is 0. The first-order chi connectivity index (χ1) is 16.5. The number of hydrogen-bond donors (Lipinski definition) is 0. The van der Waals surface area contributed by atoms with Crippen molar-refractivity contribution in [2.45, 2.75) is 142 Å². The summed E-state index contributed by atoms with van der Waals surface area (Å²) in [6.07, 6.45) is 30.5. The first-order valence-electron chi connectivity index (χ1n) is 15.5. The van der Waals surface area contributed by atoms with E-state index in [0.29, 0.717) is 0 Å². The second-order valence-electron chi connectivity index (χ2n) is 10.8. The molecule has 1 rings (SSSR count). The standard InChI is InChI=1S/C30H64P4/c1-9-21-31(22-10-2)29(32(23-11-3)24-12-4)19-17-18-20-30(29,33(25-13-5)26-14-6)34(27-15-7)28-16-8/h9-28H2,1-8H3. The van der Waals surface area contributed by atoms with Gasteiger partial charge in [-0.15, -0.1) is 0 Å². The van der Waals surface area contributed by atoms with Gasteiger partial charge >= 0.3 is 0 Å². The van der Waals surface area contributed by atoms with Crippen molar-refractivity contribution in [3.8, 4) is 0 Å². The van der Waals surface area contributed by atoms with Gasteiger partial charge in [0.1, 0.15) is 0 Å². The summed E-state index contributed by atoms with van der Waals surface area (Å²) in [6.45, 7) is 20.2. The first-order valence-corrected chi connectivity index (χ1v) is 22.4. The molecule has 1 fully saturated rings. The minimum atomic E-state index is 0.140. The summed E-state index contributed by atoms with van der Waals surface area (Å²) in [5, 5.41) is 0. The van der Waals surface area contributed by atoms with Gasteiger partial charge < -0.3 is 0 Å². The maximum atomic E-state index is 2.52. The van der Waals surface area contributed by atoms with Gasteiger partial charge in [0.25, 0.3) is 0 Å². The van der Waals surface area contributed by atoms with E-state index in [9.17, 15) is 0 Å². The second-order valence-corrected chi connectivity index (χ2v) is 22.4. The lowest BCUT2D eigenvalue weighted by molar-refractivity contribution is 0.449. The molecule has 0 N–H and O–H groups in total. The van der Waals surface area contributed by atoms with Crippen LogP contribution < -0.4 is 0 Å². The van der Waals surface area contributed by atoms with Crippen LogP contribution >= 0.6 is 31.7 Å². The molecule has 0 spiro atoms. The van der Waals surface area contributed by atoms with Crippen LogP contribution in [0.3, 0.4) is 0 Å². The Morgan fingerprint density at radius 1 is 0.353 bits per heavy atom. The van der Waals surface area contributed by atoms with Crippen LogP contribution in [-0.4, -0.2) is 59.1 Å². The van der Waals surface area contributed by atoms with Crippen molar-refractivity contribution in [3.63, 3.8) is 0 Å². The minimum absolute atomic E-state index is 0.140. The third-order valence-electron chi connectivity index (χ3n) is 7.98. The van der Waals surface area contributed by atoms with Crippen molar-refractivity contribution in [2.75, 3.05) is 49.3 Å². The topological polar surface area (TPSA) is 0 Å². The van der Waals surface area contributed by atoms with E-state index < -0.39 is 0 Å². The molecule has 1 aliphatic carbocycles. The van der Waals surface area contributed by atoms with Gasteiger partial charge in [-0.3, -0.25) is 0 Å². The molecule has 0 aromatic heterocycles. The van der Waals surface area contributed by atoms with Crippen molar-refractivity contribution in [2.24, 2.45) is 0 Å². The van der Waals surface area contributed by atoms with Crippen molar-refractivity contribution < 1.29 is 0 Å². The Labute approximate surface area is 222 Å². The Bertz CT molecular complexity index is 394. The zero-order chi connectivity index (χ0) is 25.5. The molecule has 0 amide bonds. The van der Waals surface area contributed by atoms with Crippen LogP contribution in [0.1, 0.15) is 132 Å². The van der Waals surface area contributed by atoms with Crippen molar-refractivity contribution >= 4 is 31.7 Å². The molecule has 34 heavy (non-hydrogen) atoms.